The van der Waals surface area contributed by atoms with E-state index in [4.69, 9.17) is 4.74 Å². The number of rotatable bonds is 4. The number of halogens is 3. The molecule has 5 heteroatoms. The van der Waals surface area contributed by atoms with Crippen LogP contribution in [-0.2, 0) is 0 Å². The second-order valence-corrected chi connectivity index (χ2v) is 5.89. The summed E-state index contributed by atoms with van der Waals surface area (Å²) in [6.45, 7) is 2.49. The molecule has 0 aliphatic heterocycles. The second-order valence-electron chi connectivity index (χ2n) is 4.18. The Hall–Kier alpha value is -0.910. The summed E-state index contributed by atoms with van der Waals surface area (Å²) in [6, 6.07) is 9.61. The highest BCUT2D eigenvalue weighted by Crippen LogP contribution is 2.34. The number of aliphatic hydroxyl groups excluding tert-OH is 1. The highest BCUT2D eigenvalue weighted by Gasteiger charge is 2.17. The first kappa shape index (κ1) is 15.5. The highest BCUT2D eigenvalue weighted by molar-refractivity contribution is 9.10. The number of hydrogen-bond donors (Lipinski definition) is 1. The number of hydrogen-bond acceptors (Lipinski definition) is 2. The smallest absolute Gasteiger partial charge is 0.124 e. The van der Waals surface area contributed by atoms with Crippen molar-refractivity contribution >= 4 is 31.9 Å². The zero-order valence-electron chi connectivity index (χ0n) is 10.7. The molecular weight excluding hydrogens is 391 g/mol. The van der Waals surface area contributed by atoms with Gasteiger partial charge in [0.05, 0.1) is 6.61 Å². The minimum atomic E-state index is -0.852. The average Bonchev–Trinajstić information content (AvgIpc) is 2.38. The molecule has 0 spiro atoms. The van der Waals surface area contributed by atoms with Crippen molar-refractivity contribution in [2.45, 2.75) is 13.0 Å². The lowest BCUT2D eigenvalue weighted by Crippen LogP contribution is -2.02. The van der Waals surface area contributed by atoms with Crippen LogP contribution in [0.5, 0.6) is 5.75 Å². The average molecular weight is 404 g/mol. The van der Waals surface area contributed by atoms with E-state index in [2.05, 4.69) is 31.9 Å². The third kappa shape index (κ3) is 3.40. The Kier molecular flexibility index (Phi) is 5.18. The van der Waals surface area contributed by atoms with Crippen molar-refractivity contribution in [1.29, 1.82) is 0 Å². The Bertz CT molecular complexity index is 617. The van der Waals surface area contributed by atoms with Crippen molar-refractivity contribution in [2.75, 3.05) is 6.61 Å². The van der Waals surface area contributed by atoms with E-state index in [1.807, 2.05) is 6.92 Å². The Labute approximate surface area is 133 Å². The number of ether oxygens (including phenoxy) is 1. The summed E-state index contributed by atoms with van der Waals surface area (Å²) in [7, 11) is 0. The largest absolute Gasteiger partial charge is 0.494 e. The molecular formula is C15H13Br2FO2. The molecule has 0 saturated heterocycles. The van der Waals surface area contributed by atoms with Gasteiger partial charge in [0, 0.05) is 8.95 Å². The van der Waals surface area contributed by atoms with Gasteiger partial charge < -0.3 is 9.84 Å². The Morgan fingerprint density at radius 1 is 1.10 bits per heavy atom. The van der Waals surface area contributed by atoms with E-state index in [0.717, 1.165) is 10.2 Å². The second kappa shape index (κ2) is 6.70. The molecule has 2 aromatic rings. The highest BCUT2D eigenvalue weighted by atomic mass is 79.9. The van der Waals surface area contributed by atoms with Gasteiger partial charge in [-0.3, -0.25) is 0 Å². The van der Waals surface area contributed by atoms with E-state index in [1.165, 1.54) is 12.1 Å². The fourth-order valence-electron chi connectivity index (χ4n) is 1.88. The summed E-state index contributed by atoms with van der Waals surface area (Å²) < 4.78 is 19.8. The van der Waals surface area contributed by atoms with E-state index in [1.54, 1.807) is 24.3 Å². The molecule has 0 aliphatic carbocycles. The monoisotopic (exact) mass is 402 g/mol. The van der Waals surface area contributed by atoms with Crippen molar-refractivity contribution in [3.05, 3.63) is 62.3 Å². The van der Waals surface area contributed by atoms with Crippen molar-refractivity contribution in [3.8, 4) is 5.75 Å². The van der Waals surface area contributed by atoms with Gasteiger partial charge in [0.15, 0.2) is 0 Å². The molecule has 1 unspecified atom stereocenters. The zero-order chi connectivity index (χ0) is 14.7. The van der Waals surface area contributed by atoms with E-state index in [0.29, 0.717) is 22.2 Å². The molecule has 1 N–H and O–H groups in total. The summed E-state index contributed by atoms with van der Waals surface area (Å²) in [5, 5.41) is 10.4. The maximum absolute atomic E-state index is 13.1. The van der Waals surface area contributed by atoms with E-state index < -0.39 is 6.10 Å². The molecule has 0 heterocycles. The predicted octanol–water partition coefficient (Wildman–Crippen LogP) is 4.83. The van der Waals surface area contributed by atoms with Crippen LogP contribution in [0.3, 0.4) is 0 Å². The molecule has 0 aliphatic rings. The van der Waals surface area contributed by atoms with Crippen molar-refractivity contribution < 1.29 is 14.2 Å². The first-order chi connectivity index (χ1) is 9.52. The summed E-state index contributed by atoms with van der Waals surface area (Å²) >= 11 is 6.69. The SMILES string of the molecule is CCOc1ccc(C(O)c2ccc(F)cc2Br)c(Br)c1. The van der Waals surface area contributed by atoms with E-state index in [-0.39, 0.29) is 5.82 Å². The molecule has 0 amide bonds. The molecule has 0 fully saturated rings. The van der Waals surface area contributed by atoms with Gasteiger partial charge in [-0.2, -0.15) is 0 Å². The van der Waals surface area contributed by atoms with Gasteiger partial charge in [-0.1, -0.05) is 44.0 Å². The Balaban J connectivity index is 2.35. The summed E-state index contributed by atoms with van der Waals surface area (Å²) in [6.07, 6.45) is -0.852. The molecule has 106 valence electrons. The van der Waals surface area contributed by atoms with Gasteiger partial charge in [0.25, 0.3) is 0 Å². The van der Waals surface area contributed by atoms with E-state index in [9.17, 15) is 9.50 Å². The first-order valence-corrected chi connectivity index (χ1v) is 7.66. The quantitative estimate of drug-likeness (QED) is 0.791. The molecule has 0 bridgehead atoms. The third-order valence-electron chi connectivity index (χ3n) is 2.83. The molecule has 2 rings (SSSR count). The van der Waals surface area contributed by atoms with Crippen LogP contribution in [0.15, 0.2) is 45.3 Å². The maximum Gasteiger partial charge on any atom is 0.124 e. The third-order valence-corrected chi connectivity index (χ3v) is 4.21. The van der Waals surface area contributed by atoms with Gasteiger partial charge in [-0.15, -0.1) is 0 Å². The molecule has 0 saturated carbocycles. The summed E-state index contributed by atoms with van der Waals surface area (Å²) in [5.74, 6) is 0.382. The standard InChI is InChI=1S/C15H13Br2FO2/c1-2-20-10-4-6-12(14(17)8-10)15(19)11-5-3-9(18)7-13(11)16/h3-8,15,19H,2H2,1H3. The van der Waals surface area contributed by atoms with Crippen LogP contribution in [0.2, 0.25) is 0 Å². The van der Waals surface area contributed by atoms with Gasteiger partial charge in [0.1, 0.15) is 17.7 Å². The van der Waals surface area contributed by atoms with Crippen LogP contribution in [0.4, 0.5) is 4.39 Å². The first-order valence-electron chi connectivity index (χ1n) is 6.08. The normalized spacial score (nSPS) is 12.2. The fraction of sp³-hybridized carbons (Fsp3) is 0.200. The van der Waals surface area contributed by atoms with Crippen molar-refractivity contribution in [1.82, 2.24) is 0 Å². The Morgan fingerprint density at radius 2 is 1.70 bits per heavy atom. The lowest BCUT2D eigenvalue weighted by atomic mass is 10.0. The van der Waals surface area contributed by atoms with Crippen LogP contribution in [0.1, 0.15) is 24.2 Å². The number of aliphatic hydroxyl groups is 1. The van der Waals surface area contributed by atoms with Crippen molar-refractivity contribution in [3.63, 3.8) is 0 Å². The lowest BCUT2D eigenvalue weighted by Gasteiger charge is -2.16. The summed E-state index contributed by atoms with van der Waals surface area (Å²) in [4.78, 5) is 0. The fourth-order valence-corrected chi connectivity index (χ4v) is 3.02. The minimum Gasteiger partial charge on any atom is -0.494 e. The van der Waals surface area contributed by atoms with Gasteiger partial charge in [0.2, 0.25) is 0 Å². The molecule has 1 atom stereocenters. The minimum absolute atomic E-state index is 0.349. The van der Waals surface area contributed by atoms with Crippen LogP contribution >= 0.6 is 31.9 Å². The predicted molar refractivity (Wildman–Crippen MR) is 83.5 cm³/mol. The van der Waals surface area contributed by atoms with E-state index >= 15 is 0 Å². The lowest BCUT2D eigenvalue weighted by molar-refractivity contribution is 0.218. The molecule has 2 nitrogen and oxygen atoms in total. The Morgan fingerprint density at radius 3 is 2.25 bits per heavy atom. The maximum atomic E-state index is 13.1. The molecule has 20 heavy (non-hydrogen) atoms. The van der Waals surface area contributed by atoms with Crippen molar-refractivity contribution in [2.24, 2.45) is 0 Å². The van der Waals surface area contributed by atoms with Crippen LogP contribution < -0.4 is 4.74 Å². The molecule has 0 aromatic heterocycles. The van der Waals surface area contributed by atoms with Gasteiger partial charge in [-0.25, -0.2) is 4.39 Å². The zero-order valence-corrected chi connectivity index (χ0v) is 13.9. The van der Waals surface area contributed by atoms with Crippen LogP contribution in [0, 0.1) is 5.82 Å². The molecule has 2 aromatic carbocycles. The van der Waals surface area contributed by atoms with Crippen LogP contribution in [0.25, 0.3) is 0 Å². The molecule has 0 radical (unpaired) electrons. The number of benzene rings is 2. The van der Waals surface area contributed by atoms with Gasteiger partial charge in [-0.05, 0) is 42.3 Å². The van der Waals surface area contributed by atoms with Crippen LogP contribution in [-0.4, -0.2) is 11.7 Å². The topological polar surface area (TPSA) is 29.5 Å². The van der Waals surface area contributed by atoms with Gasteiger partial charge >= 0.3 is 0 Å². The summed E-state index contributed by atoms with van der Waals surface area (Å²) in [5.41, 5.74) is 1.30.